The predicted octanol–water partition coefficient (Wildman–Crippen LogP) is 8.48. The van der Waals surface area contributed by atoms with E-state index in [4.69, 9.17) is 28.4 Å². The number of ether oxygens (including phenoxy) is 6. The number of carbonyl (C=O) groups is 2. The highest BCUT2D eigenvalue weighted by molar-refractivity contribution is 8.76. The van der Waals surface area contributed by atoms with Crippen molar-refractivity contribution >= 4 is 33.3 Å². The van der Waals surface area contributed by atoms with Gasteiger partial charge in [-0.1, -0.05) is 72.3 Å². The Bertz CT molecular complexity index is 1710. The Balaban J connectivity index is 1.08. The van der Waals surface area contributed by atoms with Gasteiger partial charge in [-0.2, -0.15) is 0 Å². The number of aliphatic hydroxyl groups excluding tert-OH is 2. The zero-order valence-electron chi connectivity index (χ0n) is 39.4. The van der Waals surface area contributed by atoms with E-state index in [1.54, 1.807) is 33.9 Å². The maximum Gasteiger partial charge on any atom is 0.311 e. The number of hydrogen-bond donors (Lipinski definition) is 3. The summed E-state index contributed by atoms with van der Waals surface area (Å²) in [6.45, 7) is 20.2. The fourth-order valence-electron chi connectivity index (χ4n) is 11.3. The van der Waals surface area contributed by atoms with Crippen LogP contribution in [0, 0.1) is 41.4 Å². The van der Waals surface area contributed by atoms with Gasteiger partial charge in [0.25, 0.3) is 0 Å². The van der Waals surface area contributed by atoms with Gasteiger partial charge in [0.15, 0.2) is 5.79 Å². The SMILES string of the molecule is CC[C@H](C(=O)[C@H](C)[C@H](O)[C@@H](C)[C@H]1O[C@H]([C@H](CC)C(=O)OCCSSc2ccccn2)CC[C@H]1C)[C@@H]1O[C@@]2(C=C[C@H](O)[C@@]3(CC[C@](C)([C@@H]4CC[C@@](O)(CC)[C@@H](C)O4)O3)O2)[C@@H](C)C[C@H]1C. The second-order valence-electron chi connectivity index (χ2n) is 19.8. The van der Waals surface area contributed by atoms with E-state index in [1.807, 2.05) is 72.7 Å². The maximum atomic E-state index is 14.7. The molecule has 1 aromatic heterocycles. The summed E-state index contributed by atoms with van der Waals surface area (Å²) in [6.07, 6.45) is 7.60. The van der Waals surface area contributed by atoms with E-state index in [9.17, 15) is 24.9 Å². The lowest BCUT2D eigenvalue weighted by atomic mass is 9.72. The molecular formula is C49H77NO11S2. The van der Waals surface area contributed by atoms with Crippen molar-refractivity contribution in [1.29, 1.82) is 0 Å². The first-order chi connectivity index (χ1) is 29.9. The molecule has 356 valence electrons. The summed E-state index contributed by atoms with van der Waals surface area (Å²) in [5, 5.41) is 35.5. The number of carbonyl (C=O) groups excluding carboxylic acids is 2. The van der Waals surface area contributed by atoms with Crippen LogP contribution in [0.1, 0.15) is 133 Å². The Morgan fingerprint density at radius 3 is 2.37 bits per heavy atom. The molecule has 12 nitrogen and oxygen atoms in total. The summed E-state index contributed by atoms with van der Waals surface area (Å²) in [7, 11) is 3.15. The third-order valence-corrected chi connectivity index (χ3v) is 17.9. The second kappa shape index (κ2) is 21.1. The first-order valence-corrected chi connectivity index (χ1v) is 26.3. The molecule has 0 amide bonds. The van der Waals surface area contributed by atoms with Crippen LogP contribution in [0.5, 0.6) is 0 Å². The highest BCUT2D eigenvalue weighted by atomic mass is 33.1. The van der Waals surface area contributed by atoms with Crippen LogP contribution in [0.3, 0.4) is 0 Å². The van der Waals surface area contributed by atoms with Crippen LogP contribution in [0.15, 0.2) is 41.6 Å². The summed E-state index contributed by atoms with van der Waals surface area (Å²) >= 11 is 0. The van der Waals surface area contributed by atoms with Crippen molar-refractivity contribution in [3.8, 4) is 0 Å². The third kappa shape index (κ3) is 10.8. The maximum absolute atomic E-state index is 14.7. The van der Waals surface area contributed by atoms with Crippen LogP contribution in [0.4, 0.5) is 0 Å². The van der Waals surface area contributed by atoms with Crippen molar-refractivity contribution in [3.63, 3.8) is 0 Å². The van der Waals surface area contributed by atoms with Crippen molar-refractivity contribution < 1.29 is 53.3 Å². The van der Waals surface area contributed by atoms with Gasteiger partial charge in [0.1, 0.15) is 23.5 Å². The smallest absolute Gasteiger partial charge is 0.311 e. The van der Waals surface area contributed by atoms with Crippen LogP contribution in [-0.4, -0.2) is 110 Å². The number of rotatable bonds is 17. The van der Waals surface area contributed by atoms with Crippen molar-refractivity contribution in [3.05, 3.63) is 36.5 Å². The van der Waals surface area contributed by atoms with Gasteiger partial charge in [0, 0.05) is 42.0 Å². The molecule has 5 aliphatic rings. The normalized spacial score (nSPS) is 40.6. The van der Waals surface area contributed by atoms with E-state index in [2.05, 4.69) is 25.8 Å². The molecule has 0 aromatic carbocycles. The highest BCUT2D eigenvalue weighted by Crippen LogP contribution is 2.54. The zero-order chi connectivity index (χ0) is 45.9. The van der Waals surface area contributed by atoms with Gasteiger partial charge in [0.05, 0.1) is 53.7 Å². The van der Waals surface area contributed by atoms with Gasteiger partial charge in [-0.3, -0.25) is 9.59 Å². The van der Waals surface area contributed by atoms with Crippen LogP contribution in [0.25, 0.3) is 0 Å². The molecule has 0 aliphatic carbocycles. The summed E-state index contributed by atoms with van der Waals surface area (Å²) in [5.74, 6) is -4.34. The molecule has 18 atom stereocenters. The lowest BCUT2D eigenvalue weighted by Crippen LogP contribution is -2.63. The first kappa shape index (κ1) is 50.8. The largest absolute Gasteiger partial charge is 0.464 e. The minimum absolute atomic E-state index is 0.0108. The molecule has 63 heavy (non-hydrogen) atoms. The lowest BCUT2D eigenvalue weighted by Gasteiger charge is -2.54. The number of aliphatic hydroxyl groups is 3. The van der Waals surface area contributed by atoms with E-state index >= 15 is 0 Å². The number of nitrogens with zero attached hydrogens (tertiary/aromatic N) is 1. The molecule has 4 saturated heterocycles. The summed E-state index contributed by atoms with van der Waals surface area (Å²) < 4.78 is 39.7. The Kier molecular flexibility index (Phi) is 17.1. The third-order valence-electron chi connectivity index (χ3n) is 15.6. The number of Topliss-reactive ketones (excluding diaryl/α,β-unsaturated/α-hetero) is 1. The molecule has 2 spiro atoms. The Morgan fingerprint density at radius 1 is 0.952 bits per heavy atom. The second-order valence-corrected chi connectivity index (χ2v) is 22.3. The quantitative estimate of drug-likeness (QED) is 0.0590. The van der Waals surface area contributed by atoms with Gasteiger partial charge in [-0.25, -0.2) is 4.98 Å². The van der Waals surface area contributed by atoms with Crippen LogP contribution in [-0.2, 0) is 38.0 Å². The molecule has 14 heteroatoms. The fraction of sp³-hybridized carbons (Fsp3) is 0.816. The number of pyridine rings is 1. The van der Waals surface area contributed by atoms with Crippen molar-refractivity contribution in [2.75, 3.05) is 12.4 Å². The Hall–Kier alpha value is -1.59. The van der Waals surface area contributed by atoms with Gasteiger partial charge in [0.2, 0.25) is 5.79 Å². The molecule has 0 unspecified atom stereocenters. The highest BCUT2D eigenvalue weighted by Gasteiger charge is 2.63. The van der Waals surface area contributed by atoms with E-state index in [0.717, 1.165) is 17.9 Å². The number of hydrogen-bond acceptors (Lipinski definition) is 14. The van der Waals surface area contributed by atoms with Crippen LogP contribution < -0.4 is 0 Å². The molecular weight excluding hydrogens is 843 g/mol. The molecule has 5 aliphatic heterocycles. The Labute approximate surface area is 384 Å². The lowest BCUT2D eigenvalue weighted by molar-refractivity contribution is -0.409. The molecule has 3 N–H and O–H groups in total. The standard InChI is InChI=1S/C49H77NO11S2/c1-11-35(45(54)56-26-27-62-63-40-16-14-15-25-50-40)37-18-17-29(4)43(58-37)33(8)41(52)32(7)42(53)36(12-2)44-30(5)28-31(6)48(59-44)22-19-38(51)49(61-48)24-23-46(10,60-49)39-20-21-47(55,13-3)34(9)57-39/h14-16,19,22,25,29-39,41,43-44,51-52,55H,11-13,17-18,20-21,23-24,26-28H2,1-10H3/t29-,30-,31+,32-,33-,34-,35+,36-,37+,38+,39+,41+,43+,44-,46-,47+,48-,49-/m1/s1. The monoisotopic (exact) mass is 919 g/mol. The van der Waals surface area contributed by atoms with Crippen LogP contribution >= 0.6 is 21.6 Å². The minimum Gasteiger partial charge on any atom is -0.464 e. The topological polar surface area (TPSA) is 163 Å². The number of ketones is 1. The summed E-state index contributed by atoms with van der Waals surface area (Å²) in [4.78, 5) is 32.3. The minimum atomic E-state index is -1.38. The zero-order valence-corrected chi connectivity index (χ0v) is 41.0. The van der Waals surface area contributed by atoms with Crippen LogP contribution in [0.2, 0.25) is 0 Å². The van der Waals surface area contributed by atoms with E-state index in [1.165, 1.54) is 0 Å². The average Bonchev–Trinajstić information content (AvgIpc) is 3.62. The summed E-state index contributed by atoms with van der Waals surface area (Å²) in [5.41, 5.74) is -1.64. The molecule has 1 aromatic rings. The van der Waals surface area contributed by atoms with E-state index in [0.29, 0.717) is 63.7 Å². The molecule has 6 heterocycles. The van der Waals surface area contributed by atoms with Gasteiger partial charge >= 0.3 is 5.97 Å². The van der Waals surface area contributed by atoms with Crippen molar-refractivity contribution in [2.45, 2.75) is 204 Å². The van der Waals surface area contributed by atoms with Gasteiger partial charge in [-0.05, 0) is 119 Å². The van der Waals surface area contributed by atoms with E-state index in [-0.39, 0.29) is 59.8 Å². The molecule has 6 rings (SSSR count). The van der Waals surface area contributed by atoms with Gasteiger partial charge in [-0.15, -0.1) is 0 Å². The van der Waals surface area contributed by atoms with Crippen molar-refractivity contribution in [2.24, 2.45) is 41.4 Å². The number of esters is 1. The van der Waals surface area contributed by atoms with E-state index < -0.39 is 58.8 Å². The molecule has 4 fully saturated rings. The number of aromatic nitrogens is 1. The predicted molar refractivity (Wildman–Crippen MR) is 245 cm³/mol. The molecule has 0 bridgehead atoms. The van der Waals surface area contributed by atoms with Gasteiger partial charge < -0.3 is 43.7 Å². The molecule has 0 radical (unpaired) electrons. The Morgan fingerprint density at radius 2 is 1.70 bits per heavy atom. The first-order valence-electron chi connectivity index (χ1n) is 23.9. The fourth-order valence-corrected chi connectivity index (χ4v) is 13.0. The summed E-state index contributed by atoms with van der Waals surface area (Å²) in [6, 6.07) is 5.77. The average molecular weight is 920 g/mol. The molecule has 0 saturated carbocycles. The van der Waals surface area contributed by atoms with Crippen molar-refractivity contribution in [1.82, 2.24) is 4.98 Å².